The predicted octanol–water partition coefficient (Wildman–Crippen LogP) is 4.39. The van der Waals surface area contributed by atoms with E-state index in [9.17, 15) is 18.8 Å². The summed E-state index contributed by atoms with van der Waals surface area (Å²) in [6.07, 6.45) is 1.41. The molecule has 0 N–H and O–H groups in total. The molecule has 0 saturated carbocycles. The lowest BCUT2D eigenvalue weighted by molar-refractivity contribution is -0.0498. The highest BCUT2D eigenvalue weighted by molar-refractivity contribution is 6.14. The first-order valence-corrected chi connectivity index (χ1v) is 6.77. The van der Waals surface area contributed by atoms with E-state index in [0.29, 0.717) is 11.1 Å². The van der Waals surface area contributed by atoms with Crippen LogP contribution in [0.2, 0.25) is 0 Å². The van der Waals surface area contributed by atoms with Crippen LogP contribution in [0.15, 0.2) is 54.1 Å². The first-order chi connectivity index (χ1) is 11.0. The molecule has 0 aliphatic rings. The Morgan fingerprint density at radius 3 is 2.48 bits per heavy atom. The van der Waals surface area contributed by atoms with Crippen LogP contribution in [0, 0.1) is 18.3 Å². The molecule has 3 nitrogen and oxygen atoms in total. The lowest BCUT2D eigenvalue weighted by atomic mass is 10.0. The fraction of sp³-hybridized carbons (Fsp3) is 0.111. The fourth-order valence-corrected chi connectivity index (χ4v) is 2.00. The maximum absolute atomic E-state index is 12.3. The number of Topliss-reactive ketones (excluding diaryl/α,β-unsaturated/α-hetero) is 1. The largest absolute Gasteiger partial charge is 0.435 e. The van der Waals surface area contributed by atoms with E-state index in [1.165, 1.54) is 30.3 Å². The Bertz CT molecular complexity index is 774. The van der Waals surface area contributed by atoms with Crippen molar-refractivity contribution in [2.45, 2.75) is 13.5 Å². The van der Waals surface area contributed by atoms with E-state index in [1.54, 1.807) is 18.2 Å². The molecule has 5 heteroatoms. The Morgan fingerprint density at radius 1 is 1.22 bits per heavy atom. The molecule has 0 aromatic heterocycles. The summed E-state index contributed by atoms with van der Waals surface area (Å²) in [6, 6.07) is 14.5. The minimum atomic E-state index is -2.89. The Labute approximate surface area is 132 Å². The highest BCUT2D eigenvalue weighted by Gasteiger charge is 2.12. The summed E-state index contributed by atoms with van der Waals surface area (Å²) >= 11 is 0. The minimum Gasteiger partial charge on any atom is -0.435 e. The van der Waals surface area contributed by atoms with Crippen LogP contribution in [0.4, 0.5) is 8.78 Å². The molecular weight excluding hydrogens is 300 g/mol. The summed E-state index contributed by atoms with van der Waals surface area (Å²) in [4.78, 5) is 12.3. The van der Waals surface area contributed by atoms with Crippen molar-refractivity contribution in [3.05, 3.63) is 70.8 Å². The van der Waals surface area contributed by atoms with Crippen molar-refractivity contribution in [2.24, 2.45) is 0 Å². The number of hydrogen-bond acceptors (Lipinski definition) is 3. The highest BCUT2D eigenvalue weighted by Crippen LogP contribution is 2.18. The molecule has 2 aromatic carbocycles. The quantitative estimate of drug-likeness (QED) is 0.467. The summed E-state index contributed by atoms with van der Waals surface area (Å²) in [7, 11) is 0. The summed E-state index contributed by atoms with van der Waals surface area (Å²) in [5.74, 6) is -0.371. The van der Waals surface area contributed by atoms with Gasteiger partial charge in [-0.3, -0.25) is 4.79 Å². The number of nitriles is 1. The van der Waals surface area contributed by atoms with Crippen molar-refractivity contribution < 1.29 is 18.3 Å². The number of aryl methyl sites for hydroxylation is 1. The van der Waals surface area contributed by atoms with Gasteiger partial charge in [0.1, 0.15) is 17.4 Å². The van der Waals surface area contributed by atoms with Gasteiger partial charge in [-0.1, -0.05) is 35.9 Å². The van der Waals surface area contributed by atoms with Gasteiger partial charge in [0.15, 0.2) is 0 Å². The van der Waals surface area contributed by atoms with Gasteiger partial charge in [-0.25, -0.2) is 0 Å². The van der Waals surface area contributed by atoms with Crippen molar-refractivity contribution in [3.63, 3.8) is 0 Å². The van der Waals surface area contributed by atoms with E-state index in [1.807, 2.05) is 19.1 Å². The van der Waals surface area contributed by atoms with Gasteiger partial charge in [-0.2, -0.15) is 14.0 Å². The van der Waals surface area contributed by atoms with Crippen molar-refractivity contribution in [1.82, 2.24) is 0 Å². The van der Waals surface area contributed by atoms with Gasteiger partial charge in [0.05, 0.1) is 0 Å². The monoisotopic (exact) mass is 313 g/mol. The molecule has 0 unspecified atom stereocenters. The molecule has 0 bridgehead atoms. The van der Waals surface area contributed by atoms with E-state index in [0.717, 1.165) is 5.56 Å². The molecule has 0 amide bonds. The number of carbonyl (C=O) groups is 1. The third-order valence-electron chi connectivity index (χ3n) is 3.06. The van der Waals surface area contributed by atoms with Crippen molar-refractivity contribution in [1.29, 1.82) is 5.26 Å². The Morgan fingerprint density at radius 2 is 1.91 bits per heavy atom. The first kappa shape index (κ1) is 16.4. The van der Waals surface area contributed by atoms with Gasteiger partial charge >= 0.3 is 6.61 Å². The van der Waals surface area contributed by atoms with Crippen LogP contribution in [0.25, 0.3) is 6.08 Å². The SMILES string of the molecule is Cc1cccc(C(=O)/C(C#N)=C/c2ccc(OC(F)F)cc2)c1. The number of hydrogen-bond donors (Lipinski definition) is 0. The number of carbonyl (C=O) groups excluding carboxylic acids is 1. The maximum Gasteiger partial charge on any atom is 0.387 e. The minimum absolute atomic E-state index is 0.0145. The standard InChI is InChI=1S/C18H13F2NO2/c1-12-3-2-4-14(9-12)17(22)15(11-21)10-13-5-7-16(8-6-13)23-18(19)20/h2-10,18H,1H3/b15-10+. The summed E-state index contributed by atoms with van der Waals surface area (Å²) in [5.41, 5.74) is 1.86. The summed E-state index contributed by atoms with van der Waals surface area (Å²) in [6.45, 7) is -1.04. The lowest BCUT2D eigenvalue weighted by Crippen LogP contribution is -2.02. The topological polar surface area (TPSA) is 50.1 Å². The zero-order valence-corrected chi connectivity index (χ0v) is 12.3. The van der Waals surface area contributed by atoms with Crippen molar-refractivity contribution in [2.75, 3.05) is 0 Å². The van der Waals surface area contributed by atoms with Crippen LogP contribution in [0.3, 0.4) is 0 Å². The molecule has 0 heterocycles. The number of nitrogens with zero attached hydrogens (tertiary/aromatic N) is 1. The van der Waals surface area contributed by atoms with Crippen LogP contribution in [0.1, 0.15) is 21.5 Å². The molecule has 0 fully saturated rings. The number of ketones is 1. The molecule has 0 atom stereocenters. The molecule has 116 valence electrons. The van der Waals surface area contributed by atoms with Crippen molar-refractivity contribution in [3.8, 4) is 11.8 Å². The third-order valence-corrected chi connectivity index (χ3v) is 3.06. The van der Waals surface area contributed by atoms with Crippen LogP contribution in [-0.4, -0.2) is 12.4 Å². The van der Waals surface area contributed by atoms with Gasteiger partial charge < -0.3 is 4.74 Å². The highest BCUT2D eigenvalue weighted by atomic mass is 19.3. The average Bonchev–Trinajstić information content (AvgIpc) is 2.53. The Hall–Kier alpha value is -3.00. The van der Waals surface area contributed by atoms with Gasteiger partial charge in [0.2, 0.25) is 5.78 Å². The molecule has 0 saturated heterocycles. The molecular formula is C18H13F2NO2. The summed E-state index contributed by atoms with van der Waals surface area (Å²) in [5, 5.41) is 9.20. The summed E-state index contributed by atoms with van der Waals surface area (Å²) < 4.78 is 28.4. The molecule has 2 aromatic rings. The third kappa shape index (κ3) is 4.48. The van der Waals surface area contributed by atoms with Crippen LogP contribution in [-0.2, 0) is 0 Å². The van der Waals surface area contributed by atoms with Gasteiger partial charge in [0, 0.05) is 5.56 Å². The number of ether oxygens (including phenoxy) is 1. The second kappa shape index (κ2) is 7.32. The van der Waals surface area contributed by atoms with Crippen LogP contribution in [0.5, 0.6) is 5.75 Å². The fourth-order valence-electron chi connectivity index (χ4n) is 2.00. The molecule has 0 radical (unpaired) electrons. The van der Waals surface area contributed by atoms with E-state index in [2.05, 4.69) is 4.74 Å². The number of rotatable bonds is 5. The van der Waals surface area contributed by atoms with E-state index >= 15 is 0 Å². The zero-order chi connectivity index (χ0) is 16.8. The number of alkyl halides is 2. The Balaban J connectivity index is 2.25. The lowest BCUT2D eigenvalue weighted by Gasteiger charge is -2.04. The zero-order valence-electron chi connectivity index (χ0n) is 12.3. The smallest absolute Gasteiger partial charge is 0.387 e. The molecule has 23 heavy (non-hydrogen) atoms. The predicted molar refractivity (Wildman–Crippen MR) is 82.2 cm³/mol. The van der Waals surface area contributed by atoms with Crippen LogP contribution < -0.4 is 4.74 Å². The van der Waals surface area contributed by atoms with Gasteiger partial charge in [-0.05, 0) is 36.8 Å². The van der Waals surface area contributed by atoms with Gasteiger partial charge in [-0.15, -0.1) is 0 Å². The van der Waals surface area contributed by atoms with E-state index in [-0.39, 0.29) is 17.1 Å². The van der Waals surface area contributed by atoms with E-state index < -0.39 is 6.61 Å². The van der Waals surface area contributed by atoms with E-state index in [4.69, 9.17) is 0 Å². The second-order valence-corrected chi connectivity index (χ2v) is 4.82. The second-order valence-electron chi connectivity index (χ2n) is 4.82. The molecule has 0 aliphatic heterocycles. The van der Waals surface area contributed by atoms with Gasteiger partial charge in [0.25, 0.3) is 0 Å². The maximum atomic E-state index is 12.3. The average molecular weight is 313 g/mol. The molecule has 0 spiro atoms. The number of halogens is 2. The Kier molecular flexibility index (Phi) is 5.21. The number of allylic oxidation sites excluding steroid dienone is 1. The van der Waals surface area contributed by atoms with Crippen molar-refractivity contribution >= 4 is 11.9 Å². The number of benzene rings is 2. The molecule has 2 rings (SSSR count). The first-order valence-electron chi connectivity index (χ1n) is 6.77. The normalized spacial score (nSPS) is 11.2. The van der Waals surface area contributed by atoms with Crippen LogP contribution >= 0.6 is 0 Å². The molecule has 0 aliphatic carbocycles.